The fourth-order valence-corrected chi connectivity index (χ4v) is 4.89. The maximum Gasteiger partial charge on any atom is 0.272 e. The highest BCUT2D eigenvalue weighted by Gasteiger charge is 2.28. The predicted molar refractivity (Wildman–Crippen MR) is 152 cm³/mol. The second-order valence-corrected chi connectivity index (χ2v) is 11.2. The van der Waals surface area contributed by atoms with Gasteiger partial charge >= 0.3 is 0 Å². The lowest BCUT2D eigenvalue weighted by molar-refractivity contribution is -0.133. The summed E-state index contributed by atoms with van der Waals surface area (Å²) >= 11 is 6.20. The summed E-state index contributed by atoms with van der Waals surface area (Å²) in [6.07, 6.45) is 3.76. The third-order valence-corrected chi connectivity index (χ3v) is 7.35. The predicted octanol–water partition coefficient (Wildman–Crippen LogP) is 4.29. The molecule has 0 bridgehead atoms. The lowest BCUT2D eigenvalue weighted by Crippen LogP contribution is -2.47. The van der Waals surface area contributed by atoms with Crippen LogP contribution in [0.4, 0.5) is 0 Å². The van der Waals surface area contributed by atoms with Gasteiger partial charge in [0.1, 0.15) is 17.5 Å². The van der Waals surface area contributed by atoms with Crippen LogP contribution in [-0.2, 0) is 18.3 Å². The number of fused-ring (bicyclic) bond motifs is 1. The number of hydrogen-bond donors (Lipinski definition) is 0. The first-order chi connectivity index (χ1) is 18.5. The van der Waals surface area contributed by atoms with E-state index in [1.807, 2.05) is 18.0 Å². The number of carbonyl (C=O) groups excluding carboxylic acids is 3. The Labute approximate surface area is 237 Å². The van der Waals surface area contributed by atoms with Gasteiger partial charge in [-0.05, 0) is 69.2 Å². The molecule has 10 heteroatoms. The van der Waals surface area contributed by atoms with Crippen LogP contribution in [0.25, 0.3) is 0 Å². The van der Waals surface area contributed by atoms with E-state index in [0.29, 0.717) is 60.6 Å². The molecule has 0 fully saturated rings. The zero-order chi connectivity index (χ0) is 28.7. The van der Waals surface area contributed by atoms with Gasteiger partial charge in [0.15, 0.2) is 0 Å². The van der Waals surface area contributed by atoms with E-state index in [0.717, 1.165) is 31.4 Å². The Balaban J connectivity index is 1.80. The van der Waals surface area contributed by atoms with E-state index in [-0.39, 0.29) is 17.7 Å². The quantitative estimate of drug-likeness (QED) is 0.560. The van der Waals surface area contributed by atoms with Crippen LogP contribution in [0, 0.1) is 5.92 Å². The number of ether oxygens (including phenoxy) is 1. The number of likely N-dealkylation sites (N-methyl/N-ethyl adjacent to an activating group) is 2. The smallest absolute Gasteiger partial charge is 0.272 e. The second-order valence-electron chi connectivity index (χ2n) is 10.8. The minimum absolute atomic E-state index is 0.0379. The lowest BCUT2D eigenvalue weighted by Gasteiger charge is -2.29. The molecule has 2 heterocycles. The molecule has 3 amide bonds. The van der Waals surface area contributed by atoms with Crippen LogP contribution in [0.2, 0.25) is 5.02 Å². The highest BCUT2D eigenvalue weighted by molar-refractivity contribution is 6.31. The standard InChI is InChI=1S/C29H42ClN5O4/c1-20(2)17-23-19-25(34(6)31-23)29(38)35-14-8-7-13-32(4)27(36)21(3)33(5)28(37)24-18-22(30)11-12-26(24)39-16-10-9-15-35/h11-12,18-21H,7-10,13-17H2,1-6H3/t21-/m0/s1. The van der Waals surface area contributed by atoms with E-state index in [2.05, 4.69) is 18.9 Å². The van der Waals surface area contributed by atoms with E-state index in [1.165, 1.54) is 4.90 Å². The van der Waals surface area contributed by atoms with Gasteiger partial charge in [-0.3, -0.25) is 19.1 Å². The second kappa shape index (κ2) is 13.8. The lowest BCUT2D eigenvalue weighted by atomic mass is 10.1. The van der Waals surface area contributed by atoms with E-state index < -0.39 is 6.04 Å². The van der Waals surface area contributed by atoms with Crippen molar-refractivity contribution in [1.29, 1.82) is 0 Å². The van der Waals surface area contributed by atoms with Crippen molar-refractivity contribution in [3.8, 4) is 5.75 Å². The van der Waals surface area contributed by atoms with Crippen molar-refractivity contribution in [3.05, 3.63) is 46.2 Å². The topological polar surface area (TPSA) is 88.0 Å². The van der Waals surface area contributed by atoms with Gasteiger partial charge < -0.3 is 19.4 Å². The van der Waals surface area contributed by atoms with Crippen LogP contribution in [0.1, 0.15) is 73.0 Å². The maximum atomic E-state index is 13.5. The summed E-state index contributed by atoms with van der Waals surface area (Å²) in [6, 6.07) is 6.18. The molecule has 1 aliphatic rings. The summed E-state index contributed by atoms with van der Waals surface area (Å²) in [7, 11) is 5.18. The molecular weight excluding hydrogens is 518 g/mol. The number of carbonyl (C=O) groups is 3. The molecule has 0 radical (unpaired) electrons. The third-order valence-electron chi connectivity index (χ3n) is 7.11. The number of aryl methyl sites for hydroxylation is 1. The number of aromatic nitrogens is 2. The molecule has 0 spiro atoms. The van der Waals surface area contributed by atoms with Crippen LogP contribution in [0.3, 0.4) is 0 Å². The molecule has 9 nitrogen and oxygen atoms in total. The zero-order valence-electron chi connectivity index (χ0n) is 24.1. The number of benzene rings is 1. The number of nitrogens with zero attached hydrogens (tertiary/aromatic N) is 5. The molecule has 1 aromatic heterocycles. The number of halogens is 1. The molecular formula is C29H42ClN5O4. The monoisotopic (exact) mass is 559 g/mol. The highest BCUT2D eigenvalue weighted by Crippen LogP contribution is 2.25. The number of hydrogen-bond acceptors (Lipinski definition) is 5. The number of rotatable bonds is 3. The summed E-state index contributed by atoms with van der Waals surface area (Å²) < 4.78 is 7.67. The molecule has 214 valence electrons. The average Bonchev–Trinajstić information content (AvgIpc) is 3.26. The molecule has 2 aromatic rings. The Kier molecular flexibility index (Phi) is 10.8. The van der Waals surface area contributed by atoms with Gasteiger partial charge in [0.2, 0.25) is 5.91 Å². The Morgan fingerprint density at radius 1 is 1.05 bits per heavy atom. The maximum absolute atomic E-state index is 13.5. The van der Waals surface area contributed by atoms with Crippen molar-refractivity contribution >= 4 is 29.3 Å². The Bertz CT molecular complexity index is 1160. The SMILES string of the molecule is CC(C)Cc1cc(C(=O)N2CCCCOc3ccc(Cl)cc3C(=O)N(C)[C@@H](C)C(=O)N(C)CCCC2)n(C)n1. The summed E-state index contributed by atoms with van der Waals surface area (Å²) in [5.74, 6) is 0.364. The summed E-state index contributed by atoms with van der Waals surface area (Å²) in [6.45, 7) is 8.06. The summed E-state index contributed by atoms with van der Waals surface area (Å²) in [4.78, 5) is 44.9. The van der Waals surface area contributed by atoms with Crippen molar-refractivity contribution in [2.24, 2.45) is 13.0 Å². The normalized spacial score (nSPS) is 18.7. The minimum atomic E-state index is -0.659. The largest absolute Gasteiger partial charge is 0.493 e. The van der Waals surface area contributed by atoms with Crippen molar-refractivity contribution in [2.45, 2.75) is 58.9 Å². The van der Waals surface area contributed by atoms with Crippen molar-refractivity contribution in [1.82, 2.24) is 24.5 Å². The van der Waals surface area contributed by atoms with Crippen molar-refractivity contribution in [2.75, 3.05) is 40.3 Å². The van der Waals surface area contributed by atoms with Crippen LogP contribution in [-0.4, -0.2) is 88.6 Å². The van der Waals surface area contributed by atoms with Crippen molar-refractivity contribution in [3.63, 3.8) is 0 Å². The fourth-order valence-electron chi connectivity index (χ4n) is 4.72. The van der Waals surface area contributed by atoms with Gasteiger partial charge in [0, 0.05) is 45.8 Å². The van der Waals surface area contributed by atoms with Gasteiger partial charge in [-0.15, -0.1) is 0 Å². The Morgan fingerprint density at radius 3 is 2.41 bits per heavy atom. The van der Waals surface area contributed by atoms with E-state index in [4.69, 9.17) is 16.3 Å². The Hall–Kier alpha value is -3.07. The van der Waals surface area contributed by atoms with Crippen molar-refractivity contribution < 1.29 is 19.1 Å². The van der Waals surface area contributed by atoms with Gasteiger partial charge in [-0.1, -0.05) is 25.4 Å². The minimum Gasteiger partial charge on any atom is -0.493 e. The molecule has 0 saturated heterocycles. The molecule has 0 N–H and O–H groups in total. The number of amides is 3. The first-order valence-corrected chi connectivity index (χ1v) is 14.1. The molecule has 3 rings (SSSR count). The third kappa shape index (κ3) is 7.97. The molecule has 0 unspecified atom stereocenters. The first kappa shape index (κ1) is 30.5. The summed E-state index contributed by atoms with van der Waals surface area (Å²) in [5.41, 5.74) is 1.82. The van der Waals surface area contributed by atoms with E-state index in [1.54, 1.807) is 48.8 Å². The van der Waals surface area contributed by atoms with Crippen LogP contribution in [0.15, 0.2) is 24.3 Å². The molecule has 0 aliphatic carbocycles. The fraction of sp³-hybridized carbons (Fsp3) is 0.586. The Morgan fingerprint density at radius 2 is 1.72 bits per heavy atom. The van der Waals surface area contributed by atoms with Crippen LogP contribution >= 0.6 is 11.6 Å². The van der Waals surface area contributed by atoms with Crippen LogP contribution < -0.4 is 4.74 Å². The first-order valence-electron chi connectivity index (χ1n) is 13.8. The highest BCUT2D eigenvalue weighted by atomic mass is 35.5. The molecule has 1 aromatic carbocycles. The summed E-state index contributed by atoms with van der Waals surface area (Å²) in [5, 5.41) is 4.97. The van der Waals surface area contributed by atoms with Gasteiger partial charge in [-0.2, -0.15) is 5.10 Å². The van der Waals surface area contributed by atoms with Crippen LogP contribution in [0.5, 0.6) is 5.75 Å². The van der Waals surface area contributed by atoms with E-state index >= 15 is 0 Å². The molecule has 1 atom stereocenters. The molecule has 0 saturated carbocycles. The van der Waals surface area contributed by atoms with E-state index in [9.17, 15) is 14.4 Å². The van der Waals surface area contributed by atoms with Gasteiger partial charge in [0.05, 0.1) is 17.9 Å². The van der Waals surface area contributed by atoms with Gasteiger partial charge in [0.25, 0.3) is 11.8 Å². The molecule has 39 heavy (non-hydrogen) atoms. The van der Waals surface area contributed by atoms with Gasteiger partial charge in [-0.25, -0.2) is 0 Å². The molecule has 1 aliphatic heterocycles. The zero-order valence-corrected chi connectivity index (χ0v) is 24.8. The average molecular weight is 560 g/mol.